The minimum Gasteiger partial charge on any atom is -0.466 e. The summed E-state index contributed by atoms with van der Waals surface area (Å²) in [5.41, 5.74) is 5.83. The molecule has 0 amide bonds. The monoisotopic (exact) mass is 185 g/mol. The maximum atomic E-state index is 11.2. The van der Waals surface area contributed by atoms with Crippen molar-refractivity contribution in [2.75, 3.05) is 6.61 Å². The molecule has 1 fully saturated rings. The SMILES string of the molecule is CCOC(=O)CC(N)(CC)C1CC1. The van der Waals surface area contributed by atoms with Crippen LogP contribution in [0.25, 0.3) is 0 Å². The molecule has 13 heavy (non-hydrogen) atoms. The van der Waals surface area contributed by atoms with Crippen LogP contribution in [0.1, 0.15) is 39.5 Å². The molecule has 0 aromatic rings. The molecule has 0 saturated heterocycles. The Morgan fingerprint density at radius 3 is 2.54 bits per heavy atom. The van der Waals surface area contributed by atoms with E-state index < -0.39 is 0 Å². The maximum Gasteiger partial charge on any atom is 0.307 e. The van der Waals surface area contributed by atoms with Crippen LogP contribution in [0.15, 0.2) is 0 Å². The molecule has 1 aliphatic carbocycles. The molecule has 3 nitrogen and oxygen atoms in total. The summed E-state index contributed by atoms with van der Waals surface area (Å²) in [6.45, 7) is 4.31. The van der Waals surface area contributed by atoms with Gasteiger partial charge in [0.1, 0.15) is 0 Å². The van der Waals surface area contributed by atoms with E-state index >= 15 is 0 Å². The number of carbonyl (C=O) groups excluding carboxylic acids is 1. The summed E-state index contributed by atoms with van der Waals surface area (Å²) in [4.78, 5) is 11.2. The van der Waals surface area contributed by atoms with Crippen molar-refractivity contribution >= 4 is 5.97 Å². The minimum absolute atomic E-state index is 0.154. The molecule has 0 heterocycles. The molecule has 0 spiro atoms. The Labute approximate surface area is 79.6 Å². The third-order valence-corrected chi connectivity index (χ3v) is 2.83. The summed E-state index contributed by atoms with van der Waals surface area (Å²) in [6.07, 6.45) is 3.58. The molecule has 0 aliphatic heterocycles. The first-order valence-corrected chi connectivity index (χ1v) is 5.07. The number of ether oxygens (including phenoxy) is 1. The normalized spacial score (nSPS) is 20.8. The Morgan fingerprint density at radius 2 is 2.15 bits per heavy atom. The number of hydrogen-bond donors (Lipinski definition) is 1. The summed E-state index contributed by atoms with van der Waals surface area (Å²) in [5.74, 6) is 0.389. The molecule has 3 heteroatoms. The van der Waals surface area contributed by atoms with Crippen LogP contribution in [0, 0.1) is 5.92 Å². The highest BCUT2D eigenvalue weighted by atomic mass is 16.5. The fourth-order valence-corrected chi connectivity index (χ4v) is 1.70. The van der Waals surface area contributed by atoms with Crippen molar-refractivity contribution in [3.63, 3.8) is 0 Å². The lowest BCUT2D eigenvalue weighted by Crippen LogP contribution is -2.44. The van der Waals surface area contributed by atoms with Gasteiger partial charge in [0, 0.05) is 5.54 Å². The van der Waals surface area contributed by atoms with Crippen LogP contribution in [-0.2, 0) is 9.53 Å². The van der Waals surface area contributed by atoms with Gasteiger partial charge in [-0.3, -0.25) is 4.79 Å². The number of carbonyl (C=O) groups is 1. The largest absolute Gasteiger partial charge is 0.466 e. The average Bonchev–Trinajstić information content (AvgIpc) is 2.86. The van der Waals surface area contributed by atoms with E-state index in [1.54, 1.807) is 0 Å². The first kappa shape index (κ1) is 10.5. The topological polar surface area (TPSA) is 52.3 Å². The molecule has 0 aromatic carbocycles. The van der Waals surface area contributed by atoms with Gasteiger partial charge in [-0.05, 0) is 32.1 Å². The van der Waals surface area contributed by atoms with Crippen LogP contribution in [0.3, 0.4) is 0 Å². The lowest BCUT2D eigenvalue weighted by molar-refractivity contribution is -0.144. The summed E-state index contributed by atoms with van der Waals surface area (Å²) in [7, 11) is 0. The Hall–Kier alpha value is -0.570. The highest BCUT2D eigenvalue weighted by molar-refractivity contribution is 5.71. The number of rotatable bonds is 5. The van der Waals surface area contributed by atoms with Gasteiger partial charge in [0.15, 0.2) is 0 Å². The fraction of sp³-hybridized carbons (Fsp3) is 0.900. The lowest BCUT2D eigenvalue weighted by atomic mass is 9.88. The lowest BCUT2D eigenvalue weighted by Gasteiger charge is -2.26. The summed E-state index contributed by atoms with van der Waals surface area (Å²) in [5, 5.41) is 0. The highest BCUT2D eigenvalue weighted by Crippen LogP contribution is 2.41. The smallest absolute Gasteiger partial charge is 0.307 e. The van der Waals surface area contributed by atoms with E-state index in [-0.39, 0.29) is 11.5 Å². The molecule has 1 saturated carbocycles. The number of esters is 1. The molecule has 0 radical (unpaired) electrons. The van der Waals surface area contributed by atoms with E-state index in [0.29, 0.717) is 18.9 Å². The molecule has 2 N–H and O–H groups in total. The van der Waals surface area contributed by atoms with Crippen molar-refractivity contribution < 1.29 is 9.53 Å². The Morgan fingerprint density at radius 1 is 1.54 bits per heavy atom. The van der Waals surface area contributed by atoms with E-state index in [9.17, 15) is 4.79 Å². The van der Waals surface area contributed by atoms with E-state index in [1.807, 2.05) is 13.8 Å². The average molecular weight is 185 g/mol. The standard InChI is InChI=1S/C10H19NO2/c1-3-10(11,8-5-6-8)7-9(12)13-4-2/h8H,3-7,11H2,1-2H3. The van der Waals surface area contributed by atoms with E-state index in [1.165, 1.54) is 12.8 Å². The van der Waals surface area contributed by atoms with Gasteiger partial charge in [0.05, 0.1) is 13.0 Å². The van der Waals surface area contributed by atoms with Crippen LogP contribution in [0.5, 0.6) is 0 Å². The third-order valence-electron chi connectivity index (χ3n) is 2.83. The first-order chi connectivity index (χ1) is 6.12. The Balaban J connectivity index is 2.42. The third kappa shape index (κ3) is 2.69. The minimum atomic E-state index is -0.299. The Bertz CT molecular complexity index is 189. The van der Waals surface area contributed by atoms with Gasteiger partial charge in [-0.25, -0.2) is 0 Å². The van der Waals surface area contributed by atoms with Gasteiger partial charge in [0.2, 0.25) is 0 Å². The van der Waals surface area contributed by atoms with Crippen molar-refractivity contribution in [3.8, 4) is 0 Å². The second-order valence-corrected chi connectivity index (χ2v) is 3.84. The predicted molar refractivity (Wildman–Crippen MR) is 51.2 cm³/mol. The van der Waals surface area contributed by atoms with Crippen molar-refractivity contribution in [2.45, 2.75) is 45.1 Å². The second kappa shape index (κ2) is 4.09. The molecular weight excluding hydrogens is 166 g/mol. The molecule has 1 unspecified atom stereocenters. The summed E-state index contributed by atoms with van der Waals surface area (Å²) < 4.78 is 4.90. The quantitative estimate of drug-likeness (QED) is 0.660. The van der Waals surface area contributed by atoms with Gasteiger partial charge in [-0.2, -0.15) is 0 Å². The van der Waals surface area contributed by atoms with Gasteiger partial charge in [0.25, 0.3) is 0 Å². The zero-order chi connectivity index (χ0) is 9.90. The zero-order valence-corrected chi connectivity index (χ0v) is 8.51. The molecule has 0 bridgehead atoms. The fourth-order valence-electron chi connectivity index (χ4n) is 1.70. The molecule has 1 aliphatic rings. The van der Waals surface area contributed by atoms with Crippen LogP contribution >= 0.6 is 0 Å². The Kier molecular flexibility index (Phi) is 3.31. The molecule has 1 rings (SSSR count). The second-order valence-electron chi connectivity index (χ2n) is 3.84. The summed E-state index contributed by atoms with van der Waals surface area (Å²) >= 11 is 0. The molecule has 0 aromatic heterocycles. The van der Waals surface area contributed by atoms with Crippen molar-refractivity contribution in [1.82, 2.24) is 0 Å². The number of nitrogens with two attached hydrogens (primary N) is 1. The maximum absolute atomic E-state index is 11.2. The van der Waals surface area contributed by atoms with Gasteiger partial charge < -0.3 is 10.5 Å². The van der Waals surface area contributed by atoms with Crippen molar-refractivity contribution in [2.24, 2.45) is 11.7 Å². The molecule has 76 valence electrons. The van der Waals surface area contributed by atoms with Crippen LogP contribution in [0.4, 0.5) is 0 Å². The molecule has 1 atom stereocenters. The van der Waals surface area contributed by atoms with Gasteiger partial charge in [-0.15, -0.1) is 0 Å². The van der Waals surface area contributed by atoms with Crippen molar-refractivity contribution in [1.29, 1.82) is 0 Å². The van der Waals surface area contributed by atoms with E-state index in [0.717, 1.165) is 6.42 Å². The highest BCUT2D eigenvalue weighted by Gasteiger charge is 2.42. The van der Waals surface area contributed by atoms with Gasteiger partial charge in [-0.1, -0.05) is 6.92 Å². The van der Waals surface area contributed by atoms with Crippen LogP contribution in [0.2, 0.25) is 0 Å². The van der Waals surface area contributed by atoms with E-state index in [4.69, 9.17) is 10.5 Å². The summed E-state index contributed by atoms with van der Waals surface area (Å²) in [6, 6.07) is 0. The van der Waals surface area contributed by atoms with Gasteiger partial charge >= 0.3 is 5.97 Å². The van der Waals surface area contributed by atoms with Crippen molar-refractivity contribution in [3.05, 3.63) is 0 Å². The zero-order valence-electron chi connectivity index (χ0n) is 8.51. The van der Waals surface area contributed by atoms with Crippen LogP contribution in [-0.4, -0.2) is 18.1 Å². The first-order valence-electron chi connectivity index (χ1n) is 5.07. The number of hydrogen-bond acceptors (Lipinski definition) is 3. The molecular formula is C10H19NO2. The van der Waals surface area contributed by atoms with E-state index in [2.05, 4.69) is 0 Å². The van der Waals surface area contributed by atoms with Crippen LogP contribution < -0.4 is 5.73 Å². The predicted octanol–water partition coefficient (Wildman–Crippen LogP) is 1.46.